The highest BCUT2D eigenvalue weighted by Gasteiger charge is 2.12. The van der Waals surface area contributed by atoms with Crippen LogP contribution in [0.25, 0.3) is 10.8 Å². The van der Waals surface area contributed by atoms with Gasteiger partial charge in [-0.2, -0.15) is 0 Å². The molecule has 0 aliphatic heterocycles. The van der Waals surface area contributed by atoms with E-state index in [0.717, 1.165) is 23.0 Å². The number of nitrogens with one attached hydrogen (secondary N) is 1. The summed E-state index contributed by atoms with van der Waals surface area (Å²) in [7, 11) is 3.25. The lowest BCUT2D eigenvalue weighted by Gasteiger charge is -2.17. The fourth-order valence-electron chi connectivity index (χ4n) is 2.25. The third kappa shape index (κ3) is 3.19. The fourth-order valence-corrected chi connectivity index (χ4v) is 2.25. The topological polar surface area (TPSA) is 43.4 Å². The van der Waals surface area contributed by atoms with Gasteiger partial charge >= 0.3 is 0 Å². The summed E-state index contributed by atoms with van der Waals surface area (Å²) in [6.07, 6.45) is 8.79. The number of ether oxygens (including phenoxy) is 2. The van der Waals surface area contributed by atoms with E-state index in [1.54, 1.807) is 20.4 Å². The van der Waals surface area contributed by atoms with Crippen LogP contribution in [0.2, 0.25) is 0 Å². The van der Waals surface area contributed by atoms with Crippen LogP contribution in [0.5, 0.6) is 11.5 Å². The molecule has 1 aromatic carbocycles. The normalized spacial score (nSPS) is 11.7. The SMILES string of the molecule is C#CCC(CC)Nc1nccc2cc(OC)c(OC)cc12. The van der Waals surface area contributed by atoms with Crippen LogP contribution in [0.1, 0.15) is 19.8 Å². The summed E-state index contributed by atoms with van der Waals surface area (Å²) in [5, 5.41) is 5.45. The Labute approximate surface area is 125 Å². The van der Waals surface area contributed by atoms with E-state index in [1.165, 1.54) is 0 Å². The van der Waals surface area contributed by atoms with Crippen molar-refractivity contribution < 1.29 is 9.47 Å². The summed E-state index contributed by atoms with van der Waals surface area (Å²) in [6.45, 7) is 2.10. The number of aromatic nitrogens is 1. The summed E-state index contributed by atoms with van der Waals surface area (Å²) >= 11 is 0. The number of terminal acetylenes is 1. The van der Waals surface area contributed by atoms with Gasteiger partial charge in [-0.3, -0.25) is 0 Å². The lowest BCUT2D eigenvalue weighted by atomic mass is 10.1. The van der Waals surface area contributed by atoms with E-state index in [-0.39, 0.29) is 6.04 Å². The van der Waals surface area contributed by atoms with Gasteiger partial charge in [-0.1, -0.05) is 6.92 Å². The van der Waals surface area contributed by atoms with Crippen LogP contribution < -0.4 is 14.8 Å². The smallest absolute Gasteiger partial charge is 0.161 e. The van der Waals surface area contributed by atoms with Gasteiger partial charge in [0.25, 0.3) is 0 Å². The third-order valence-corrected chi connectivity index (χ3v) is 3.47. The van der Waals surface area contributed by atoms with Gasteiger partial charge < -0.3 is 14.8 Å². The number of hydrogen-bond acceptors (Lipinski definition) is 4. The van der Waals surface area contributed by atoms with Gasteiger partial charge in [-0.05, 0) is 30.0 Å². The van der Waals surface area contributed by atoms with E-state index in [1.807, 2.05) is 18.2 Å². The van der Waals surface area contributed by atoms with Crippen molar-refractivity contribution in [2.45, 2.75) is 25.8 Å². The molecule has 110 valence electrons. The number of benzene rings is 1. The van der Waals surface area contributed by atoms with Crippen molar-refractivity contribution in [3.63, 3.8) is 0 Å². The lowest BCUT2D eigenvalue weighted by Crippen LogP contribution is -2.18. The molecule has 1 atom stereocenters. The quantitative estimate of drug-likeness (QED) is 0.825. The number of hydrogen-bond donors (Lipinski definition) is 1. The summed E-state index contributed by atoms with van der Waals surface area (Å²) in [5.74, 6) is 4.90. The fraction of sp³-hybridized carbons (Fsp3) is 0.353. The van der Waals surface area contributed by atoms with Crippen molar-refractivity contribution in [2.24, 2.45) is 0 Å². The minimum Gasteiger partial charge on any atom is -0.493 e. The minimum absolute atomic E-state index is 0.209. The Balaban J connectivity index is 2.47. The van der Waals surface area contributed by atoms with E-state index >= 15 is 0 Å². The number of anilines is 1. The Kier molecular flexibility index (Phi) is 4.89. The van der Waals surface area contributed by atoms with E-state index in [4.69, 9.17) is 15.9 Å². The molecule has 0 fully saturated rings. The number of nitrogens with zero attached hydrogens (tertiary/aromatic N) is 1. The second kappa shape index (κ2) is 6.85. The van der Waals surface area contributed by atoms with Gasteiger partial charge in [0.15, 0.2) is 11.5 Å². The molecule has 0 aliphatic carbocycles. The zero-order chi connectivity index (χ0) is 15.2. The second-order valence-electron chi connectivity index (χ2n) is 4.75. The predicted molar refractivity (Wildman–Crippen MR) is 86.0 cm³/mol. The van der Waals surface area contributed by atoms with Gasteiger partial charge in [-0.15, -0.1) is 12.3 Å². The van der Waals surface area contributed by atoms with E-state index in [2.05, 4.69) is 23.1 Å². The number of rotatable bonds is 6. The highest BCUT2D eigenvalue weighted by Crippen LogP contribution is 2.34. The first-order valence-corrected chi connectivity index (χ1v) is 6.94. The molecule has 1 N–H and O–H groups in total. The van der Waals surface area contributed by atoms with Gasteiger partial charge in [0.1, 0.15) is 5.82 Å². The van der Waals surface area contributed by atoms with Crippen molar-refractivity contribution in [1.82, 2.24) is 4.98 Å². The average molecular weight is 284 g/mol. The maximum absolute atomic E-state index is 5.41. The molecule has 4 heteroatoms. The van der Waals surface area contributed by atoms with Crippen LogP contribution in [-0.4, -0.2) is 25.2 Å². The predicted octanol–water partition coefficient (Wildman–Crippen LogP) is 3.47. The van der Waals surface area contributed by atoms with Gasteiger partial charge in [0.05, 0.1) is 14.2 Å². The van der Waals surface area contributed by atoms with Crippen LogP contribution in [0.4, 0.5) is 5.82 Å². The Bertz CT molecular complexity index is 662. The molecule has 4 nitrogen and oxygen atoms in total. The van der Waals surface area contributed by atoms with Crippen LogP contribution in [0.15, 0.2) is 24.4 Å². The van der Waals surface area contributed by atoms with E-state index in [9.17, 15) is 0 Å². The Morgan fingerprint density at radius 2 is 2.00 bits per heavy atom. The van der Waals surface area contributed by atoms with Crippen LogP contribution >= 0.6 is 0 Å². The molecule has 0 aliphatic rings. The molecule has 0 saturated carbocycles. The van der Waals surface area contributed by atoms with Crippen LogP contribution in [0, 0.1) is 12.3 Å². The standard InChI is InChI=1S/C17H20N2O2/c1-5-7-13(6-2)19-17-14-11-16(21-4)15(20-3)10-12(14)8-9-18-17/h1,8-11,13H,6-7H2,2-4H3,(H,18,19). The Hall–Kier alpha value is -2.41. The van der Waals surface area contributed by atoms with Gasteiger partial charge in [0.2, 0.25) is 0 Å². The minimum atomic E-state index is 0.209. The summed E-state index contributed by atoms with van der Waals surface area (Å²) in [5.41, 5.74) is 0. The molecule has 0 saturated heterocycles. The molecule has 0 spiro atoms. The Morgan fingerprint density at radius 3 is 2.62 bits per heavy atom. The van der Waals surface area contributed by atoms with Crippen LogP contribution in [0.3, 0.4) is 0 Å². The van der Waals surface area contributed by atoms with E-state index < -0.39 is 0 Å². The maximum Gasteiger partial charge on any atom is 0.161 e. The molecular weight excluding hydrogens is 264 g/mol. The summed E-state index contributed by atoms with van der Waals surface area (Å²) in [4.78, 5) is 4.43. The lowest BCUT2D eigenvalue weighted by molar-refractivity contribution is 0.356. The van der Waals surface area contributed by atoms with Gasteiger partial charge in [-0.25, -0.2) is 4.98 Å². The monoisotopic (exact) mass is 284 g/mol. The van der Waals surface area contributed by atoms with Crippen molar-refractivity contribution in [2.75, 3.05) is 19.5 Å². The van der Waals surface area contributed by atoms with E-state index in [0.29, 0.717) is 17.9 Å². The highest BCUT2D eigenvalue weighted by molar-refractivity contribution is 5.94. The molecule has 0 radical (unpaired) electrons. The number of fused-ring (bicyclic) bond motifs is 1. The summed E-state index contributed by atoms with van der Waals surface area (Å²) < 4.78 is 10.7. The molecule has 21 heavy (non-hydrogen) atoms. The van der Waals surface area contributed by atoms with Crippen LogP contribution in [-0.2, 0) is 0 Å². The third-order valence-electron chi connectivity index (χ3n) is 3.47. The number of methoxy groups -OCH3 is 2. The molecule has 2 rings (SSSR count). The van der Waals surface area contributed by atoms with Crippen molar-refractivity contribution >= 4 is 16.6 Å². The molecule has 0 amide bonds. The zero-order valence-corrected chi connectivity index (χ0v) is 12.6. The van der Waals surface area contributed by atoms with Crippen molar-refractivity contribution in [3.8, 4) is 23.8 Å². The molecule has 1 heterocycles. The molecule has 0 bridgehead atoms. The molecule has 2 aromatic rings. The van der Waals surface area contributed by atoms with Crippen molar-refractivity contribution in [3.05, 3.63) is 24.4 Å². The van der Waals surface area contributed by atoms with Crippen molar-refractivity contribution in [1.29, 1.82) is 0 Å². The first kappa shape index (κ1) is 15.0. The van der Waals surface area contributed by atoms with Gasteiger partial charge in [0, 0.05) is 24.0 Å². The zero-order valence-electron chi connectivity index (χ0n) is 12.6. The number of pyridine rings is 1. The second-order valence-corrected chi connectivity index (χ2v) is 4.75. The molecule has 1 unspecified atom stereocenters. The first-order chi connectivity index (χ1) is 10.2. The Morgan fingerprint density at radius 1 is 1.29 bits per heavy atom. The highest BCUT2D eigenvalue weighted by atomic mass is 16.5. The molecule has 1 aromatic heterocycles. The first-order valence-electron chi connectivity index (χ1n) is 6.94. The maximum atomic E-state index is 5.41. The average Bonchev–Trinajstić information content (AvgIpc) is 2.53. The largest absolute Gasteiger partial charge is 0.493 e. The molecular formula is C17H20N2O2. The summed E-state index contributed by atoms with van der Waals surface area (Å²) in [6, 6.07) is 6.04.